The molecule has 0 spiro atoms. The van der Waals surface area contributed by atoms with Gasteiger partial charge in [-0.1, -0.05) is 121 Å². The Balaban J connectivity index is 0.000000231. The van der Waals surface area contributed by atoms with E-state index in [9.17, 15) is 19.2 Å². The molecule has 0 unspecified atom stereocenters. The molecule has 2 aromatic heterocycles. The number of carbonyl (C=O) groups is 4. The predicted molar refractivity (Wildman–Crippen MR) is 220 cm³/mol. The van der Waals surface area contributed by atoms with Crippen molar-refractivity contribution in [2.24, 2.45) is 23.7 Å². The summed E-state index contributed by atoms with van der Waals surface area (Å²) in [7, 11) is 0. The molecule has 4 N–H and O–H groups in total. The number of aromatic nitrogens is 2. The van der Waals surface area contributed by atoms with Gasteiger partial charge in [0, 0.05) is 69.2 Å². The summed E-state index contributed by atoms with van der Waals surface area (Å²) in [5.41, 5.74) is 6.09. The molecule has 0 aliphatic heterocycles. The van der Waals surface area contributed by atoms with Crippen molar-refractivity contribution < 1.29 is 72.6 Å². The fraction of sp³-hybridized carbons (Fsp3) is 0.522. The third kappa shape index (κ3) is 16.3. The Morgan fingerprint density at radius 1 is 0.517 bits per heavy atom. The summed E-state index contributed by atoms with van der Waals surface area (Å²) in [5, 5.41) is 30.8. The smallest absolute Gasteiger partial charge is 0.306 e. The summed E-state index contributed by atoms with van der Waals surface area (Å²) in [4.78, 5) is 44.3. The molecule has 0 radical (unpaired) electrons. The summed E-state index contributed by atoms with van der Waals surface area (Å²) in [6.07, 6.45) is 16.7. The van der Waals surface area contributed by atoms with Crippen molar-refractivity contribution in [3.8, 4) is 22.5 Å². The van der Waals surface area contributed by atoms with Crippen molar-refractivity contribution in [2.75, 3.05) is 0 Å². The van der Waals surface area contributed by atoms with E-state index in [0.717, 1.165) is 125 Å². The van der Waals surface area contributed by atoms with Crippen LogP contribution in [0.15, 0.2) is 69.7 Å². The summed E-state index contributed by atoms with van der Waals surface area (Å²) < 4.78 is 10.6. The summed E-state index contributed by atoms with van der Waals surface area (Å²) in [5.74, 6) is 0.777. The van der Waals surface area contributed by atoms with E-state index in [4.69, 9.17) is 19.3 Å². The van der Waals surface area contributed by atoms with E-state index >= 15 is 0 Å². The van der Waals surface area contributed by atoms with Crippen LogP contribution in [0.4, 0.5) is 0 Å². The third-order valence-corrected chi connectivity index (χ3v) is 11.5. The fourth-order valence-corrected chi connectivity index (χ4v) is 7.87. The first-order chi connectivity index (χ1) is 28.0. The predicted octanol–water partition coefficient (Wildman–Crippen LogP) is 9.43. The number of nitrogens with zero attached hydrogens (tertiary/aromatic N) is 2. The van der Waals surface area contributed by atoms with Crippen LogP contribution in [-0.2, 0) is 66.4 Å². The number of benzene rings is 2. The molecular weight excluding hydrogens is 848 g/mol. The molecular formula is C46H60Fe2N4O8. The van der Waals surface area contributed by atoms with Crippen molar-refractivity contribution >= 4 is 23.8 Å². The summed E-state index contributed by atoms with van der Waals surface area (Å²) >= 11 is 0. The van der Waals surface area contributed by atoms with Crippen LogP contribution < -0.4 is 10.6 Å². The first kappa shape index (κ1) is 50.1. The molecule has 4 aliphatic carbocycles. The number of carboxylic acid groups (broad SMARTS) is 2. The molecule has 4 saturated carbocycles. The van der Waals surface area contributed by atoms with E-state index in [1.165, 1.54) is 11.1 Å². The molecule has 12 nitrogen and oxygen atoms in total. The third-order valence-electron chi connectivity index (χ3n) is 11.5. The van der Waals surface area contributed by atoms with Crippen LogP contribution in [0.3, 0.4) is 0 Å². The molecule has 2 aromatic carbocycles. The second-order valence-corrected chi connectivity index (χ2v) is 16.1. The molecule has 0 saturated heterocycles. The zero-order valence-corrected chi connectivity index (χ0v) is 37.0. The maximum atomic E-state index is 12.0. The summed E-state index contributed by atoms with van der Waals surface area (Å²) in [6.45, 7) is 4.93. The Morgan fingerprint density at radius 3 is 1.07 bits per heavy atom. The van der Waals surface area contributed by atoms with Crippen LogP contribution in [0.2, 0.25) is 0 Å². The summed E-state index contributed by atoms with van der Waals surface area (Å²) in [6, 6.07) is 20.1. The largest absolute Gasteiger partial charge is 0.481 e. The fourth-order valence-electron chi connectivity index (χ4n) is 7.87. The first-order valence-corrected chi connectivity index (χ1v) is 21.1. The minimum absolute atomic E-state index is 0. The van der Waals surface area contributed by atoms with E-state index in [0.29, 0.717) is 24.6 Å². The van der Waals surface area contributed by atoms with E-state index in [2.05, 4.69) is 34.8 Å². The average Bonchev–Trinajstić information content (AvgIpc) is 4.08. The maximum Gasteiger partial charge on any atom is 0.306 e. The molecule has 2 amide bonds. The van der Waals surface area contributed by atoms with Gasteiger partial charge in [-0.05, 0) is 65.2 Å². The van der Waals surface area contributed by atoms with E-state index < -0.39 is 11.9 Å². The number of hydrogen-bond acceptors (Lipinski definition) is 8. The van der Waals surface area contributed by atoms with Crippen molar-refractivity contribution in [1.29, 1.82) is 0 Å². The standard InChI is InChI=1S/2C17H20N2O2.2C6H10O2.2Fe/c2*1-12-6-8-13(9-7-12)16-10-15(21-19-16)11-18-17(20)14-4-2-3-5-14;2*7-6(8)5-3-1-2-4-5;;/h2*6-10,14H,2-5,11H2,1H3,(H,18,20);2*5H,1-4H2,(H,7,8);;. The van der Waals surface area contributed by atoms with Gasteiger partial charge in [0.2, 0.25) is 11.8 Å². The Hall–Kier alpha value is -4.22. The molecule has 14 heteroatoms. The second kappa shape index (κ2) is 26.2. The topological polar surface area (TPSA) is 185 Å². The van der Waals surface area contributed by atoms with Gasteiger partial charge in [-0.25, -0.2) is 0 Å². The molecule has 8 rings (SSSR count). The minimum atomic E-state index is -0.609. The van der Waals surface area contributed by atoms with Crippen LogP contribution >= 0.6 is 0 Å². The maximum absolute atomic E-state index is 12.0. The normalized spacial score (nSPS) is 16.4. The van der Waals surface area contributed by atoms with Crippen LogP contribution in [-0.4, -0.2) is 44.3 Å². The Morgan fingerprint density at radius 2 is 0.800 bits per heavy atom. The van der Waals surface area contributed by atoms with Gasteiger partial charge in [0.25, 0.3) is 0 Å². The molecule has 2 heterocycles. The number of rotatable bonds is 10. The molecule has 4 fully saturated rings. The van der Waals surface area contributed by atoms with E-state index in [1.54, 1.807) is 0 Å². The van der Waals surface area contributed by atoms with Gasteiger partial charge in [0.05, 0.1) is 24.9 Å². The number of nitrogens with one attached hydrogen (secondary N) is 2. The van der Waals surface area contributed by atoms with Crippen molar-refractivity contribution in [2.45, 2.75) is 130 Å². The van der Waals surface area contributed by atoms with Gasteiger partial charge in [0.15, 0.2) is 11.5 Å². The number of carbonyl (C=O) groups excluding carboxylic acids is 2. The van der Waals surface area contributed by atoms with Gasteiger partial charge in [-0.2, -0.15) is 0 Å². The first-order valence-electron chi connectivity index (χ1n) is 21.1. The zero-order valence-electron chi connectivity index (χ0n) is 34.8. The molecule has 4 aliphatic rings. The van der Waals surface area contributed by atoms with Crippen LogP contribution in [0, 0.1) is 37.5 Å². The number of hydrogen-bond donors (Lipinski definition) is 4. The Kier molecular flexibility index (Phi) is 21.9. The van der Waals surface area contributed by atoms with Gasteiger partial charge in [-0.3, -0.25) is 19.2 Å². The molecule has 0 atom stereocenters. The Labute approximate surface area is 374 Å². The Bertz CT molecular complexity index is 1750. The van der Waals surface area contributed by atoms with E-state index in [-0.39, 0.29) is 69.6 Å². The van der Waals surface area contributed by atoms with Gasteiger partial charge < -0.3 is 29.9 Å². The number of aliphatic carboxylic acids is 2. The van der Waals surface area contributed by atoms with Crippen molar-refractivity contribution in [3.05, 3.63) is 83.3 Å². The van der Waals surface area contributed by atoms with Crippen LogP contribution in [0.1, 0.15) is 125 Å². The SMILES string of the molecule is Cc1ccc(-c2cc(CNC(=O)C3CCCC3)on2)cc1.Cc1ccc(-c2cc(CNC(=O)C3CCCC3)on2)cc1.O=C(O)C1CCCC1.O=C(O)C1CCCC1.[Fe].[Fe]. The van der Waals surface area contributed by atoms with Crippen LogP contribution in [0.5, 0.6) is 0 Å². The zero-order chi connectivity index (χ0) is 41.3. The van der Waals surface area contributed by atoms with Crippen molar-refractivity contribution in [3.63, 3.8) is 0 Å². The van der Waals surface area contributed by atoms with Gasteiger partial charge in [-0.15, -0.1) is 0 Å². The molecule has 328 valence electrons. The number of carboxylic acids is 2. The second-order valence-electron chi connectivity index (χ2n) is 16.1. The van der Waals surface area contributed by atoms with Crippen LogP contribution in [0.25, 0.3) is 22.5 Å². The van der Waals surface area contributed by atoms with E-state index in [1.807, 2.05) is 60.7 Å². The molecule has 60 heavy (non-hydrogen) atoms. The van der Waals surface area contributed by atoms with Gasteiger partial charge in [0.1, 0.15) is 11.4 Å². The minimum Gasteiger partial charge on any atom is -0.481 e. The molecule has 0 bridgehead atoms. The van der Waals surface area contributed by atoms with Gasteiger partial charge >= 0.3 is 11.9 Å². The number of aryl methyl sites for hydroxylation is 2. The monoisotopic (exact) mass is 908 g/mol. The molecule has 4 aromatic rings. The quantitative estimate of drug-likeness (QED) is 0.112. The van der Waals surface area contributed by atoms with Crippen molar-refractivity contribution in [1.82, 2.24) is 20.9 Å². The average molecular weight is 909 g/mol. The number of amides is 2.